The summed E-state index contributed by atoms with van der Waals surface area (Å²) in [5.74, 6) is 1.16. The molecule has 152 valence electrons. The summed E-state index contributed by atoms with van der Waals surface area (Å²) in [6.07, 6.45) is 3.21. The van der Waals surface area contributed by atoms with Crippen LogP contribution in [0, 0.1) is 17.3 Å². The third-order valence-corrected chi connectivity index (χ3v) is 7.07. The fourth-order valence-corrected chi connectivity index (χ4v) is 5.57. The molecule has 3 aliphatic rings. The number of benzene rings is 1. The lowest BCUT2D eigenvalue weighted by atomic mass is 9.53. The molecule has 0 bridgehead atoms. The fourth-order valence-electron chi connectivity index (χ4n) is 5.57. The van der Waals surface area contributed by atoms with Gasteiger partial charge in [-0.1, -0.05) is 13.0 Å². The second kappa shape index (κ2) is 6.39. The lowest BCUT2D eigenvalue weighted by Gasteiger charge is -2.54. The van der Waals surface area contributed by atoms with E-state index in [2.05, 4.69) is 6.92 Å². The van der Waals surface area contributed by atoms with Crippen molar-refractivity contribution in [2.45, 2.75) is 71.0 Å². The Labute approximate surface area is 166 Å². The summed E-state index contributed by atoms with van der Waals surface area (Å²) < 4.78 is 5.34. The minimum absolute atomic E-state index is 0.0616. The Morgan fingerprint density at radius 3 is 2.54 bits per heavy atom. The van der Waals surface area contributed by atoms with Gasteiger partial charge in [0.25, 0.3) is 0 Å². The molecule has 28 heavy (non-hydrogen) atoms. The number of carbonyl (C=O) groups is 2. The molecule has 3 aliphatic carbocycles. The molecule has 2 saturated carbocycles. The predicted octanol–water partition coefficient (Wildman–Crippen LogP) is 4.62. The van der Waals surface area contributed by atoms with E-state index in [0.29, 0.717) is 36.4 Å². The summed E-state index contributed by atoms with van der Waals surface area (Å²) in [5.41, 5.74) is -0.0120. The van der Waals surface area contributed by atoms with Crippen molar-refractivity contribution >= 4 is 11.6 Å². The normalized spacial score (nSPS) is 34.6. The van der Waals surface area contributed by atoms with E-state index < -0.39 is 11.2 Å². The van der Waals surface area contributed by atoms with E-state index in [4.69, 9.17) is 14.5 Å². The average molecular weight is 386 g/mol. The summed E-state index contributed by atoms with van der Waals surface area (Å²) in [6.45, 7) is 7.93. The maximum absolute atomic E-state index is 13.1. The number of rotatable bonds is 3. The molecule has 5 heteroatoms. The maximum Gasteiger partial charge on any atom is 0.163 e. The van der Waals surface area contributed by atoms with Gasteiger partial charge in [-0.3, -0.25) is 9.59 Å². The standard InChI is InChI=1S/C23H30O5/c1-21(2,3)27-28-23-11-10-22(4)17(8-9-20(22)25)18(23)13-19(24)15-12-14(26-5)6-7-16(15)23/h6-7,12,17-18H,8-11,13H2,1-5H3/t17-,18-,22-,23-/m0/s1. The van der Waals surface area contributed by atoms with E-state index in [1.165, 1.54) is 0 Å². The quantitative estimate of drug-likeness (QED) is 0.560. The van der Waals surface area contributed by atoms with Crippen LogP contribution in [0.1, 0.15) is 75.7 Å². The molecule has 0 saturated heterocycles. The highest BCUT2D eigenvalue weighted by Gasteiger charge is 2.63. The van der Waals surface area contributed by atoms with Gasteiger partial charge in [-0.25, -0.2) is 9.78 Å². The van der Waals surface area contributed by atoms with Crippen LogP contribution in [0.25, 0.3) is 0 Å². The largest absolute Gasteiger partial charge is 0.497 e. The number of fused-ring (bicyclic) bond motifs is 5. The first-order chi connectivity index (χ1) is 13.1. The van der Waals surface area contributed by atoms with Crippen molar-refractivity contribution in [2.24, 2.45) is 17.3 Å². The van der Waals surface area contributed by atoms with Crippen molar-refractivity contribution in [1.29, 1.82) is 0 Å². The third kappa shape index (κ3) is 2.82. The summed E-state index contributed by atoms with van der Waals surface area (Å²) >= 11 is 0. The fraction of sp³-hybridized carbons (Fsp3) is 0.652. The Kier molecular flexibility index (Phi) is 4.47. The van der Waals surface area contributed by atoms with Gasteiger partial charge < -0.3 is 4.74 Å². The van der Waals surface area contributed by atoms with Crippen LogP contribution in [0.2, 0.25) is 0 Å². The van der Waals surface area contributed by atoms with Crippen LogP contribution in [0.15, 0.2) is 18.2 Å². The molecule has 0 N–H and O–H groups in total. The minimum atomic E-state index is -0.711. The van der Waals surface area contributed by atoms with Crippen LogP contribution in [0.4, 0.5) is 0 Å². The van der Waals surface area contributed by atoms with E-state index in [-0.39, 0.29) is 23.0 Å². The van der Waals surface area contributed by atoms with Gasteiger partial charge in [-0.05, 0) is 63.6 Å². The second-order valence-electron chi connectivity index (χ2n) is 9.80. The van der Waals surface area contributed by atoms with Gasteiger partial charge in [0.1, 0.15) is 17.1 Å². The zero-order chi connectivity index (χ0) is 20.3. The van der Waals surface area contributed by atoms with Crippen molar-refractivity contribution in [3.8, 4) is 5.75 Å². The molecular weight excluding hydrogens is 356 g/mol. The van der Waals surface area contributed by atoms with Crippen molar-refractivity contribution < 1.29 is 24.1 Å². The Hall–Kier alpha value is -1.72. The van der Waals surface area contributed by atoms with Crippen LogP contribution >= 0.6 is 0 Å². The van der Waals surface area contributed by atoms with Crippen LogP contribution < -0.4 is 4.74 Å². The molecule has 0 aromatic heterocycles. The highest BCUT2D eigenvalue weighted by molar-refractivity contribution is 6.00. The van der Waals surface area contributed by atoms with Gasteiger partial charge in [0.15, 0.2) is 5.78 Å². The van der Waals surface area contributed by atoms with Crippen molar-refractivity contribution in [1.82, 2.24) is 0 Å². The summed E-state index contributed by atoms with van der Waals surface area (Å²) in [6, 6.07) is 5.64. The third-order valence-electron chi connectivity index (χ3n) is 7.07. The highest BCUT2D eigenvalue weighted by Crippen LogP contribution is 2.62. The molecule has 0 spiro atoms. The van der Waals surface area contributed by atoms with Crippen molar-refractivity contribution in [2.75, 3.05) is 7.11 Å². The van der Waals surface area contributed by atoms with E-state index in [1.54, 1.807) is 7.11 Å². The molecule has 4 rings (SSSR count). The Morgan fingerprint density at radius 1 is 1.11 bits per heavy atom. The summed E-state index contributed by atoms with van der Waals surface area (Å²) in [7, 11) is 1.60. The molecule has 0 aliphatic heterocycles. The lowest BCUT2D eigenvalue weighted by Crippen LogP contribution is -2.55. The Morgan fingerprint density at radius 2 is 1.86 bits per heavy atom. The number of hydrogen-bond acceptors (Lipinski definition) is 5. The first kappa shape index (κ1) is 19.6. The van der Waals surface area contributed by atoms with E-state index in [1.807, 2.05) is 39.0 Å². The van der Waals surface area contributed by atoms with Gasteiger partial charge >= 0.3 is 0 Å². The Bertz CT molecular complexity index is 823. The number of carbonyl (C=O) groups excluding carboxylic acids is 2. The van der Waals surface area contributed by atoms with Gasteiger partial charge in [-0.15, -0.1) is 0 Å². The number of ether oxygens (including phenoxy) is 1. The molecule has 1 aromatic rings. The zero-order valence-corrected chi connectivity index (χ0v) is 17.5. The topological polar surface area (TPSA) is 61.8 Å². The van der Waals surface area contributed by atoms with Crippen LogP contribution in [-0.4, -0.2) is 24.3 Å². The Balaban J connectivity index is 1.84. The van der Waals surface area contributed by atoms with Crippen molar-refractivity contribution in [3.63, 3.8) is 0 Å². The summed E-state index contributed by atoms with van der Waals surface area (Å²) in [4.78, 5) is 37.9. The molecule has 0 amide bonds. The highest BCUT2D eigenvalue weighted by atomic mass is 17.2. The predicted molar refractivity (Wildman–Crippen MR) is 104 cm³/mol. The number of methoxy groups -OCH3 is 1. The van der Waals surface area contributed by atoms with Gasteiger partial charge in [0.2, 0.25) is 0 Å². The number of ketones is 2. The SMILES string of the molecule is COc1ccc2c(c1)C(=O)C[C@H]1[C@@H]3CCC(=O)[C@@]3(C)CC[C@]21OOC(C)(C)C. The van der Waals surface area contributed by atoms with Gasteiger partial charge in [0.05, 0.1) is 12.7 Å². The van der Waals surface area contributed by atoms with Gasteiger partial charge in [-0.2, -0.15) is 0 Å². The smallest absolute Gasteiger partial charge is 0.163 e. The van der Waals surface area contributed by atoms with Crippen LogP contribution in [-0.2, 0) is 20.2 Å². The monoisotopic (exact) mass is 386 g/mol. The first-order valence-corrected chi connectivity index (χ1v) is 10.2. The average Bonchev–Trinajstić information content (AvgIpc) is 2.95. The van der Waals surface area contributed by atoms with E-state index in [0.717, 1.165) is 18.4 Å². The molecule has 1 aromatic carbocycles. The molecular formula is C23H30O5. The van der Waals surface area contributed by atoms with Crippen molar-refractivity contribution in [3.05, 3.63) is 29.3 Å². The molecule has 0 radical (unpaired) electrons. The van der Waals surface area contributed by atoms with E-state index >= 15 is 0 Å². The lowest BCUT2D eigenvalue weighted by molar-refractivity contribution is -0.429. The molecule has 4 atom stereocenters. The maximum atomic E-state index is 13.1. The molecule has 0 heterocycles. The first-order valence-electron chi connectivity index (χ1n) is 10.2. The number of Topliss-reactive ketones (excluding diaryl/α,β-unsaturated/α-hetero) is 2. The van der Waals surface area contributed by atoms with Crippen LogP contribution in [0.3, 0.4) is 0 Å². The zero-order valence-electron chi connectivity index (χ0n) is 17.5. The van der Waals surface area contributed by atoms with Gasteiger partial charge in [0, 0.05) is 29.7 Å². The second-order valence-corrected chi connectivity index (χ2v) is 9.80. The minimum Gasteiger partial charge on any atom is -0.497 e. The molecule has 5 nitrogen and oxygen atoms in total. The van der Waals surface area contributed by atoms with E-state index in [9.17, 15) is 9.59 Å². The molecule has 2 fully saturated rings. The van der Waals surface area contributed by atoms with Crippen LogP contribution in [0.5, 0.6) is 5.75 Å². The molecule has 0 unspecified atom stereocenters. The summed E-state index contributed by atoms with van der Waals surface area (Å²) in [5, 5.41) is 0. The number of hydrogen-bond donors (Lipinski definition) is 0.